The molecule has 0 aliphatic rings. The number of carbonyl (C=O) groups is 3. The lowest BCUT2D eigenvalue weighted by molar-refractivity contribution is -0.138. The monoisotopic (exact) mass is 481 g/mol. The summed E-state index contributed by atoms with van der Waals surface area (Å²) in [7, 11) is 0. The van der Waals surface area contributed by atoms with Crippen molar-refractivity contribution >= 4 is 30.5 Å². The van der Waals surface area contributed by atoms with E-state index in [2.05, 4.69) is 29.3 Å². The molecule has 7 nitrogen and oxygen atoms in total. The second-order valence-corrected chi connectivity index (χ2v) is 9.05. The van der Waals surface area contributed by atoms with Gasteiger partial charge in [0.2, 0.25) is 5.91 Å². The molecule has 2 rings (SSSR count). The molecule has 0 heterocycles. The lowest BCUT2D eigenvalue weighted by Crippen LogP contribution is -2.52. The Kier molecular flexibility index (Phi) is 9.58. The van der Waals surface area contributed by atoms with Crippen LogP contribution in [0.4, 0.5) is 4.79 Å². The number of alkyl carbamates (subject to hydrolysis) is 1. The molecule has 0 aromatic heterocycles. The Morgan fingerprint density at radius 2 is 1.71 bits per heavy atom. The van der Waals surface area contributed by atoms with E-state index >= 15 is 0 Å². The first-order valence-corrected chi connectivity index (χ1v) is 11.5. The Morgan fingerprint density at radius 1 is 1.09 bits per heavy atom. The van der Waals surface area contributed by atoms with Crippen LogP contribution in [0.5, 0.6) is 0 Å². The van der Waals surface area contributed by atoms with E-state index in [1.165, 1.54) is 0 Å². The molecule has 2 atom stereocenters. The fourth-order valence-electron chi connectivity index (χ4n) is 3.24. The van der Waals surface area contributed by atoms with Crippen LogP contribution in [0.15, 0.2) is 54.6 Å². The molecule has 2 aromatic rings. The highest BCUT2D eigenvalue weighted by Crippen LogP contribution is 2.25. The first kappa shape index (κ1) is 26.8. The van der Waals surface area contributed by atoms with Gasteiger partial charge in [-0.1, -0.05) is 61.0 Å². The summed E-state index contributed by atoms with van der Waals surface area (Å²) in [6.07, 6.45) is 4.96. The molecule has 180 valence electrons. The zero-order valence-electron chi connectivity index (χ0n) is 19.9. The van der Waals surface area contributed by atoms with Crippen LogP contribution >= 0.6 is 12.6 Å². The molecule has 0 fully saturated rings. The van der Waals surface area contributed by atoms with Gasteiger partial charge in [0.15, 0.2) is 0 Å². The van der Waals surface area contributed by atoms with Gasteiger partial charge in [0.05, 0.1) is 0 Å². The molecular formula is C26H31N3O4S. The van der Waals surface area contributed by atoms with E-state index in [9.17, 15) is 14.4 Å². The number of ether oxygens (including phenoxy) is 1. The SMILES string of the molecule is C#CN(C(=O)C(CS)NC(=O)OC(C)(C)C)C(C(=O)NCc1ccccc1)c1ccccc1C. The molecule has 0 spiro atoms. The Bertz CT molecular complexity index is 1040. The van der Waals surface area contributed by atoms with E-state index in [1.807, 2.05) is 49.4 Å². The summed E-state index contributed by atoms with van der Waals surface area (Å²) in [6.45, 7) is 7.23. The van der Waals surface area contributed by atoms with Gasteiger partial charge in [-0.05, 0) is 44.4 Å². The maximum absolute atomic E-state index is 13.4. The predicted molar refractivity (Wildman–Crippen MR) is 135 cm³/mol. The quantitative estimate of drug-likeness (QED) is 0.305. The minimum Gasteiger partial charge on any atom is -0.444 e. The summed E-state index contributed by atoms with van der Waals surface area (Å²) in [5, 5.41) is 5.36. The maximum atomic E-state index is 13.4. The zero-order valence-corrected chi connectivity index (χ0v) is 20.8. The standard InChI is InChI=1S/C26H31N3O4S/c1-6-29(24(31)21(17-34)28-25(32)33-26(3,4)5)22(20-15-11-10-12-18(20)2)23(30)27-16-19-13-8-7-9-14-19/h1,7-15,21-22,34H,16-17H2,2-5H3,(H,27,30)(H,28,32). The van der Waals surface area contributed by atoms with Gasteiger partial charge in [0, 0.05) is 18.3 Å². The number of hydrogen-bond donors (Lipinski definition) is 3. The minimum absolute atomic E-state index is 0.0393. The molecule has 2 unspecified atom stereocenters. The average molecular weight is 482 g/mol. The summed E-state index contributed by atoms with van der Waals surface area (Å²) in [4.78, 5) is 40.0. The van der Waals surface area contributed by atoms with Crippen LogP contribution in [0.3, 0.4) is 0 Å². The molecule has 0 bridgehead atoms. The average Bonchev–Trinajstić information content (AvgIpc) is 2.79. The fourth-order valence-corrected chi connectivity index (χ4v) is 3.49. The number of nitrogens with one attached hydrogen (secondary N) is 2. The van der Waals surface area contributed by atoms with Crippen molar-refractivity contribution in [3.8, 4) is 12.5 Å². The van der Waals surface area contributed by atoms with Crippen molar-refractivity contribution in [3.05, 3.63) is 71.3 Å². The van der Waals surface area contributed by atoms with Crippen molar-refractivity contribution in [1.82, 2.24) is 15.5 Å². The van der Waals surface area contributed by atoms with Crippen molar-refractivity contribution in [2.75, 3.05) is 5.75 Å². The highest BCUT2D eigenvalue weighted by molar-refractivity contribution is 7.80. The molecule has 34 heavy (non-hydrogen) atoms. The van der Waals surface area contributed by atoms with Gasteiger partial charge in [-0.15, -0.1) is 0 Å². The van der Waals surface area contributed by atoms with Crippen molar-refractivity contribution in [2.24, 2.45) is 0 Å². The van der Waals surface area contributed by atoms with Crippen LogP contribution in [0.2, 0.25) is 0 Å². The third-order valence-corrected chi connectivity index (χ3v) is 5.21. The Morgan fingerprint density at radius 3 is 2.26 bits per heavy atom. The van der Waals surface area contributed by atoms with Crippen LogP contribution in [-0.2, 0) is 20.9 Å². The topological polar surface area (TPSA) is 87.7 Å². The van der Waals surface area contributed by atoms with Crippen molar-refractivity contribution in [2.45, 2.75) is 51.9 Å². The molecule has 0 saturated heterocycles. The third kappa shape index (κ3) is 7.56. The Hall–Kier alpha value is -3.44. The number of hydrogen-bond acceptors (Lipinski definition) is 5. The van der Waals surface area contributed by atoms with Gasteiger partial charge in [-0.3, -0.25) is 14.5 Å². The first-order chi connectivity index (χ1) is 16.1. The van der Waals surface area contributed by atoms with Gasteiger partial charge in [-0.25, -0.2) is 4.79 Å². The molecular weight excluding hydrogens is 450 g/mol. The number of thiol groups is 1. The summed E-state index contributed by atoms with van der Waals surface area (Å²) in [5.74, 6) is -1.13. The third-order valence-electron chi connectivity index (χ3n) is 4.85. The van der Waals surface area contributed by atoms with E-state index in [1.54, 1.807) is 32.9 Å². The highest BCUT2D eigenvalue weighted by Gasteiger charge is 2.36. The number of nitrogens with zero attached hydrogens (tertiary/aromatic N) is 1. The molecule has 2 N–H and O–H groups in total. The summed E-state index contributed by atoms with van der Waals surface area (Å²) < 4.78 is 5.25. The van der Waals surface area contributed by atoms with Gasteiger partial charge in [0.25, 0.3) is 5.91 Å². The molecule has 0 saturated carbocycles. The molecule has 3 amide bonds. The predicted octanol–water partition coefficient (Wildman–Crippen LogP) is 3.59. The molecule has 2 aromatic carbocycles. The van der Waals surface area contributed by atoms with Gasteiger partial charge in [0.1, 0.15) is 17.7 Å². The maximum Gasteiger partial charge on any atom is 0.408 e. The van der Waals surface area contributed by atoms with Gasteiger partial charge >= 0.3 is 6.09 Å². The number of aryl methyl sites for hydroxylation is 1. The van der Waals surface area contributed by atoms with Gasteiger partial charge < -0.3 is 15.4 Å². The molecule has 0 aliphatic carbocycles. The second-order valence-electron chi connectivity index (χ2n) is 8.68. The normalized spacial score (nSPS) is 12.6. The molecule has 0 radical (unpaired) electrons. The largest absolute Gasteiger partial charge is 0.444 e. The van der Waals surface area contributed by atoms with Crippen molar-refractivity contribution in [1.29, 1.82) is 0 Å². The van der Waals surface area contributed by atoms with Gasteiger partial charge in [-0.2, -0.15) is 12.6 Å². The lowest BCUT2D eigenvalue weighted by Gasteiger charge is -2.30. The van der Waals surface area contributed by atoms with Crippen LogP contribution in [0, 0.1) is 19.4 Å². The number of rotatable bonds is 8. The van der Waals surface area contributed by atoms with E-state index in [0.29, 0.717) is 5.56 Å². The highest BCUT2D eigenvalue weighted by atomic mass is 32.1. The van der Waals surface area contributed by atoms with Crippen LogP contribution in [0.1, 0.15) is 43.5 Å². The minimum atomic E-state index is -1.11. The summed E-state index contributed by atoms with van der Waals surface area (Å²) in [6, 6.07) is 16.7. The van der Waals surface area contributed by atoms with E-state index < -0.39 is 35.6 Å². The summed E-state index contributed by atoms with van der Waals surface area (Å²) in [5.41, 5.74) is 1.52. The number of terminal acetylenes is 1. The Balaban J connectivity index is 2.33. The molecule has 8 heteroatoms. The van der Waals surface area contributed by atoms with Crippen molar-refractivity contribution < 1.29 is 19.1 Å². The Labute approximate surface area is 206 Å². The number of carbonyl (C=O) groups excluding carboxylic acids is 3. The summed E-state index contributed by atoms with van der Waals surface area (Å²) >= 11 is 4.20. The first-order valence-electron chi connectivity index (χ1n) is 10.8. The number of amides is 3. The lowest BCUT2D eigenvalue weighted by atomic mass is 9.98. The van der Waals surface area contributed by atoms with E-state index in [0.717, 1.165) is 16.0 Å². The van der Waals surface area contributed by atoms with Crippen LogP contribution in [0.25, 0.3) is 0 Å². The van der Waals surface area contributed by atoms with Crippen LogP contribution in [-0.4, -0.2) is 40.2 Å². The number of benzene rings is 2. The van der Waals surface area contributed by atoms with Crippen molar-refractivity contribution in [3.63, 3.8) is 0 Å². The second kappa shape index (κ2) is 12.1. The molecule has 0 aliphatic heterocycles. The zero-order chi connectivity index (χ0) is 25.3. The van der Waals surface area contributed by atoms with E-state index in [-0.39, 0.29) is 12.3 Å². The van der Waals surface area contributed by atoms with Crippen LogP contribution < -0.4 is 10.6 Å². The van der Waals surface area contributed by atoms with E-state index in [4.69, 9.17) is 11.2 Å². The smallest absolute Gasteiger partial charge is 0.408 e. The fraction of sp³-hybridized carbons (Fsp3) is 0.346.